The van der Waals surface area contributed by atoms with Crippen LogP contribution < -0.4 is 19.5 Å². The first kappa shape index (κ1) is 31.6. The molecule has 1 unspecified atom stereocenters. The summed E-state index contributed by atoms with van der Waals surface area (Å²) in [5.41, 5.74) is 4.31. The zero-order valence-corrected chi connectivity index (χ0v) is 26.1. The normalized spacial score (nSPS) is 19.2. The molecule has 2 aliphatic heterocycles. The molecule has 0 radical (unpaired) electrons. The smallest absolute Gasteiger partial charge is 0.309 e. The third kappa shape index (κ3) is 6.96. The maximum atomic E-state index is 13.7. The van der Waals surface area contributed by atoms with Gasteiger partial charge in [0.05, 0.1) is 19.1 Å². The molecule has 0 aliphatic carbocycles. The van der Waals surface area contributed by atoms with E-state index in [1.165, 1.54) is 0 Å². The molecule has 1 amide bonds. The number of hydrogen-bond acceptors (Lipinski definition) is 7. The average Bonchev–Trinajstić information content (AvgIpc) is 3.64. The fraction of sp³-hybridized carbons (Fsp3) is 0.412. The number of carboxylic acid groups (broad SMARTS) is 1. The van der Waals surface area contributed by atoms with Gasteiger partial charge in [-0.2, -0.15) is 0 Å². The van der Waals surface area contributed by atoms with E-state index in [0.29, 0.717) is 61.5 Å². The molecule has 1 saturated heterocycles. The molecule has 2 aliphatic rings. The number of nitrogens with zero attached hydrogens (tertiary/aromatic N) is 1. The van der Waals surface area contributed by atoms with Gasteiger partial charge < -0.3 is 29.4 Å². The van der Waals surface area contributed by atoms with E-state index in [0.717, 1.165) is 27.9 Å². The standard InChI is InChI=1S/C34H39ClN2O7/c1-4-21-15-25(35)16-22(5-2)32(21)36-30(38)19-37-18-27(24-9-12-28-29(17-24)44-20-43-28)31(34(39)40)33(37)23-7-10-26(11-8-23)42-14-13-41-6-3/h7-12,15-17,27,31,33H,4-6,13-14,18-20H2,1-3H3,(H,36,38)(H,39,40)/t27-,31?,33+/m1/s1. The molecule has 10 heteroatoms. The molecule has 0 bridgehead atoms. The number of carbonyl (C=O) groups excluding carboxylic acids is 1. The van der Waals surface area contributed by atoms with Crippen molar-refractivity contribution in [3.63, 3.8) is 0 Å². The first-order chi connectivity index (χ1) is 21.3. The van der Waals surface area contributed by atoms with E-state index < -0.39 is 23.8 Å². The zero-order chi connectivity index (χ0) is 31.2. The van der Waals surface area contributed by atoms with Gasteiger partial charge in [0.15, 0.2) is 11.5 Å². The van der Waals surface area contributed by atoms with Crippen LogP contribution in [0.5, 0.6) is 17.2 Å². The van der Waals surface area contributed by atoms with Gasteiger partial charge in [-0.3, -0.25) is 14.5 Å². The second kappa shape index (κ2) is 14.3. The summed E-state index contributed by atoms with van der Waals surface area (Å²) < 4.78 is 22.2. The molecule has 0 spiro atoms. The fourth-order valence-electron chi connectivity index (χ4n) is 6.20. The van der Waals surface area contributed by atoms with Crippen molar-refractivity contribution in [2.45, 2.75) is 45.6 Å². The topological polar surface area (TPSA) is 107 Å². The number of fused-ring (bicyclic) bond motifs is 1. The minimum absolute atomic E-state index is 0.0110. The van der Waals surface area contributed by atoms with Crippen molar-refractivity contribution in [3.8, 4) is 17.2 Å². The van der Waals surface area contributed by atoms with Crippen LogP contribution in [0, 0.1) is 5.92 Å². The van der Waals surface area contributed by atoms with Crippen LogP contribution in [0.15, 0.2) is 54.6 Å². The number of halogens is 1. The lowest BCUT2D eigenvalue weighted by Crippen LogP contribution is -2.35. The number of carboxylic acids is 1. The summed E-state index contributed by atoms with van der Waals surface area (Å²) in [4.78, 5) is 28.6. The Morgan fingerprint density at radius 3 is 2.30 bits per heavy atom. The van der Waals surface area contributed by atoms with Gasteiger partial charge in [-0.1, -0.05) is 43.6 Å². The SMILES string of the molecule is CCOCCOc1ccc([C@H]2C(C(=O)O)[C@@H](c3ccc4c(c3)OCO4)CN2CC(=O)Nc2c(CC)cc(Cl)cc2CC)cc1. The molecule has 3 aromatic rings. The molecule has 5 rings (SSSR count). The summed E-state index contributed by atoms with van der Waals surface area (Å²) >= 11 is 6.34. The van der Waals surface area contributed by atoms with E-state index in [1.54, 1.807) is 0 Å². The first-order valence-corrected chi connectivity index (χ1v) is 15.5. The minimum atomic E-state index is -0.933. The molecule has 0 aromatic heterocycles. The predicted octanol–water partition coefficient (Wildman–Crippen LogP) is 6.09. The van der Waals surface area contributed by atoms with E-state index >= 15 is 0 Å². The highest BCUT2D eigenvalue weighted by Crippen LogP contribution is 2.48. The largest absolute Gasteiger partial charge is 0.491 e. The van der Waals surface area contributed by atoms with Gasteiger partial charge in [0, 0.05) is 35.8 Å². The Morgan fingerprint density at radius 1 is 0.955 bits per heavy atom. The van der Waals surface area contributed by atoms with Crippen molar-refractivity contribution >= 4 is 29.2 Å². The molecule has 234 valence electrons. The Bertz CT molecular complexity index is 1450. The van der Waals surface area contributed by atoms with E-state index in [1.807, 2.05) is 80.3 Å². The van der Waals surface area contributed by atoms with Gasteiger partial charge in [0.2, 0.25) is 12.7 Å². The molecule has 2 heterocycles. The highest BCUT2D eigenvalue weighted by molar-refractivity contribution is 6.30. The number of carbonyl (C=O) groups is 2. The van der Waals surface area contributed by atoms with E-state index in [2.05, 4.69) is 5.32 Å². The quantitative estimate of drug-likeness (QED) is 0.221. The van der Waals surface area contributed by atoms with Gasteiger partial charge in [-0.15, -0.1) is 0 Å². The molecule has 1 fully saturated rings. The summed E-state index contributed by atoms with van der Waals surface area (Å²) in [6, 6.07) is 16.2. The lowest BCUT2D eigenvalue weighted by Gasteiger charge is -2.27. The van der Waals surface area contributed by atoms with Crippen molar-refractivity contribution in [1.29, 1.82) is 0 Å². The van der Waals surface area contributed by atoms with Crippen molar-refractivity contribution in [2.75, 3.05) is 45.0 Å². The van der Waals surface area contributed by atoms with E-state index in [9.17, 15) is 14.7 Å². The van der Waals surface area contributed by atoms with Crippen LogP contribution in [0.4, 0.5) is 5.69 Å². The molecule has 2 N–H and O–H groups in total. The number of nitrogens with one attached hydrogen (secondary N) is 1. The second-order valence-corrected chi connectivity index (χ2v) is 11.4. The number of aliphatic carboxylic acids is 1. The molecule has 3 aromatic carbocycles. The van der Waals surface area contributed by atoms with Crippen molar-refractivity contribution < 1.29 is 33.6 Å². The van der Waals surface area contributed by atoms with Crippen molar-refractivity contribution in [3.05, 3.63) is 81.9 Å². The number of amides is 1. The van der Waals surface area contributed by atoms with Crippen LogP contribution in [0.25, 0.3) is 0 Å². The number of anilines is 1. The summed E-state index contributed by atoms with van der Waals surface area (Å²) in [7, 11) is 0. The highest BCUT2D eigenvalue weighted by atomic mass is 35.5. The Hall–Kier alpha value is -3.79. The third-order valence-corrected chi connectivity index (χ3v) is 8.49. The summed E-state index contributed by atoms with van der Waals surface area (Å²) in [6.07, 6.45) is 1.42. The molecule has 9 nitrogen and oxygen atoms in total. The summed E-state index contributed by atoms with van der Waals surface area (Å²) in [5.74, 6) is -0.472. The molecule has 0 saturated carbocycles. The maximum absolute atomic E-state index is 13.7. The van der Waals surface area contributed by atoms with Crippen molar-refractivity contribution in [1.82, 2.24) is 4.90 Å². The Kier molecular flexibility index (Phi) is 10.3. The minimum Gasteiger partial charge on any atom is -0.491 e. The van der Waals surface area contributed by atoms with Crippen LogP contribution in [0.2, 0.25) is 5.02 Å². The van der Waals surface area contributed by atoms with Gasteiger partial charge >= 0.3 is 5.97 Å². The number of rotatable bonds is 13. The summed E-state index contributed by atoms with van der Waals surface area (Å²) in [6.45, 7) is 7.99. The van der Waals surface area contributed by atoms with Crippen LogP contribution in [-0.2, 0) is 27.2 Å². The zero-order valence-electron chi connectivity index (χ0n) is 25.3. The lowest BCUT2D eigenvalue weighted by atomic mass is 9.82. The molecule has 3 atom stereocenters. The number of ether oxygens (including phenoxy) is 4. The Labute approximate surface area is 263 Å². The fourth-order valence-corrected chi connectivity index (χ4v) is 6.47. The summed E-state index contributed by atoms with van der Waals surface area (Å²) in [5, 5.41) is 14.4. The predicted molar refractivity (Wildman–Crippen MR) is 168 cm³/mol. The van der Waals surface area contributed by atoms with Gasteiger partial charge in [-0.05, 0) is 78.4 Å². The molecular weight excluding hydrogens is 584 g/mol. The lowest BCUT2D eigenvalue weighted by molar-refractivity contribution is -0.143. The maximum Gasteiger partial charge on any atom is 0.309 e. The van der Waals surface area contributed by atoms with Crippen molar-refractivity contribution in [2.24, 2.45) is 5.92 Å². The monoisotopic (exact) mass is 622 g/mol. The number of benzene rings is 3. The van der Waals surface area contributed by atoms with E-state index in [4.69, 9.17) is 30.5 Å². The van der Waals surface area contributed by atoms with Crippen LogP contribution >= 0.6 is 11.6 Å². The van der Waals surface area contributed by atoms with Crippen LogP contribution in [0.3, 0.4) is 0 Å². The van der Waals surface area contributed by atoms with Crippen LogP contribution in [0.1, 0.15) is 55.0 Å². The average molecular weight is 623 g/mol. The number of hydrogen-bond donors (Lipinski definition) is 2. The first-order valence-electron chi connectivity index (χ1n) is 15.1. The second-order valence-electron chi connectivity index (χ2n) is 10.9. The van der Waals surface area contributed by atoms with Gasteiger partial charge in [0.25, 0.3) is 0 Å². The Balaban J connectivity index is 1.45. The van der Waals surface area contributed by atoms with Gasteiger partial charge in [-0.25, -0.2) is 0 Å². The number of aryl methyl sites for hydroxylation is 2. The Morgan fingerprint density at radius 2 is 1.64 bits per heavy atom. The third-order valence-electron chi connectivity index (χ3n) is 8.27. The molecule has 44 heavy (non-hydrogen) atoms. The molecular formula is C34H39ClN2O7. The van der Waals surface area contributed by atoms with E-state index in [-0.39, 0.29) is 19.2 Å². The van der Waals surface area contributed by atoms with Gasteiger partial charge in [0.1, 0.15) is 12.4 Å². The highest BCUT2D eigenvalue weighted by Gasteiger charge is 2.48. The number of likely N-dealkylation sites (tertiary alicyclic amines) is 1. The van der Waals surface area contributed by atoms with Crippen LogP contribution in [-0.4, -0.2) is 61.6 Å².